The van der Waals surface area contributed by atoms with Gasteiger partial charge in [-0.15, -0.1) is 0 Å². The maximum absolute atomic E-state index is 13.8. The molecule has 0 radical (unpaired) electrons. The summed E-state index contributed by atoms with van der Waals surface area (Å²) in [7, 11) is 0. The van der Waals surface area contributed by atoms with Gasteiger partial charge in [0.25, 0.3) is 17.4 Å². The standard InChI is InChI=1S/C25H30F3N3O3/c26-25(27,28)24(34,19-9-2-1-3-10-19)23(33)31-16-13-18(14-17-31)8-6-7-15-30-21-12-5-4-11-20(21)22(29)32/h1-5,9-12,18,30,34H,6-8,13-17H2,(H2,29,32). The van der Waals surface area contributed by atoms with E-state index in [1.165, 1.54) is 18.2 Å². The summed E-state index contributed by atoms with van der Waals surface area (Å²) >= 11 is 0. The Morgan fingerprint density at radius 2 is 1.62 bits per heavy atom. The lowest BCUT2D eigenvalue weighted by Crippen LogP contribution is -2.57. The number of unbranched alkanes of at least 4 members (excludes halogenated alkanes) is 1. The predicted molar refractivity (Wildman–Crippen MR) is 123 cm³/mol. The van der Waals surface area contributed by atoms with Crippen LogP contribution in [0.3, 0.4) is 0 Å². The summed E-state index contributed by atoms with van der Waals surface area (Å²) in [6.45, 7) is 1.02. The van der Waals surface area contributed by atoms with Crippen molar-refractivity contribution < 1.29 is 27.9 Å². The predicted octanol–water partition coefficient (Wildman–Crippen LogP) is 4.06. The zero-order valence-electron chi connectivity index (χ0n) is 18.9. The Balaban J connectivity index is 1.47. The Kier molecular flexibility index (Phi) is 8.19. The Morgan fingerprint density at radius 3 is 2.24 bits per heavy atom. The van der Waals surface area contributed by atoms with Gasteiger partial charge in [0.1, 0.15) is 0 Å². The van der Waals surface area contributed by atoms with Gasteiger partial charge in [0.05, 0.1) is 5.56 Å². The third-order valence-electron chi connectivity index (χ3n) is 6.36. The van der Waals surface area contributed by atoms with E-state index in [-0.39, 0.29) is 13.1 Å². The second-order valence-corrected chi connectivity index (χ2v) is 8.64. The first kappa shape index (κ1) is 25.6. The van der Waals surface area contributed by atoms with Crippen LogP contribution in [0.15, 0.2) is 54.6 Å². The van der Waals surface area contributed by atoms with Crippen molar-refractivity contribution in [2.24, 2.45) is 11.7 Å². The number of anilines is 1. The molecule has 2 aromatic rings. The Labute approximate surface area is 196 Å². The maximum Gasteiger partial charge on any atom is 0.430 e. The van der Waals surface area contributed by atoms with Crippen LogP contribution >= 0.6 is 0 Å². The second kappa shape index (κ2) is 10.9. The van der Waals surface area contributed by atoms with Crippen LogP contribution in [0.1, 0.15) is 48.0 Å². The number of nitrogens with two attached hydrogens (primary N) is 1. The van der Waals surface area contributed by atoms with Gasteiger partial charge in [-0.05, 0) is 37.3 Å². The van der Waals surface area contributed by atoms with Crippen LogP contribution in [-0.4, -0.2) is 47.6 Å². The number of piperidine rings is 1. The van der Waals surface area contributed by atoms with Crippen LogP contribution in [0.2, 0.25) is 0 Å². The number of carbonyl (C=O) groups is 2. The molecule has 34 heavy (non-hydrogen) atoms. The summed E-state index contributed by atoms with van der Waals surface area (Å²) in [6.07, 6.45) is -1.29. The Hall–Kier alpha value is -3.07. The van der Waals surface area contributed by atoms with E-state index < -0.39 is 29.2 Å². The SMILES string of the molecule is NC(=O)c1ccccc1NCCCCC1CCN(C(=O)C(O)(c2ccccc2)C(F)(F)F)CC1. The average Bonchev–Trinajstić information content (AvgIpc) is 2.83. The zero-order valence-corrected chi connectivity index (χ0v) is 18.9. The molecule has 0 aliphatic carbocycles. The number of benzene rings is 2. The van der Waals surface area contributed by atoms with Gasteiger partial charge < -0.3 is 21.1 Å². The molecule has 4 N–H and O–H groups in total. The number of para-hydroxylation sites is 1. The number of nitrogens with one attached hydrogen (secondary N) is 1. The number of aliphatic hydroxyl groups is 1. The molecule has 0 saturated carbocycles. The number of carbonyl (C=O) groups excluding carboxylic acids is 2. The van der Waals surface area contributed by atoms with E-state index >= 15 is 0 Å². The number of amides is 2. The normalized spacial score (nSPS) is 16.6. The van der Waals surface area contributed by atoms with Gasteiger partial charge in [-0.3, -0.25) is 9.59 Å². The number of nitrogens with zero attached hydrogens (tertiary/aromatic N) is 1. The highest BCUT2D eigenvalue weighted by Gasteiger charge is 2.62. The summed E-state index contributed by atoms with van der Waals surface area (Å²) in [5.74, 6) is -1.51. The van der Waals surface area contributed by atoms with Gasteiger partial charge in [-0.2, -0.15) is 13.2 Å². The number of hydrogen-bond acceptors (Lipinski definition) is 4. The number of halogens is 3. The molecule has 9 heteroatoms. The molecule has 1 aliphatic rings. The fraction of sp³-hybridized carbons (Fsp3) is 0.440. The monoisotopic (exact) mass is 477 g/mol. The minimum Gasteiger partial charge on any atom is -0.384 e. The van der Waals surface area contributed by atoms with Crippen LogP contribution in [0, 0.1) is 5.92 Å². The van der Waals surface area contributed by atoms with E-state index in [1.807, 2.05) is 6.07 Å². The van der Waals surface area contributed by atoms with Crippen molar-refractivity contribution in [3.8, 4) is 0 Å². The molecule has 1 atom stereocenters. The van der Waals surface area contributed by atoms with Crippen molar-refractivity contribution in [1.82, 2.24) is 4.90 Å². The minimum atomic E-state index is -5.12. The molecule has 2 amide bonds. The summed E-state index contributed by atoms with van der Waals surface area (Å²) in [5.41, 5.74) is 2.48. The molecule has 1 unspecified atom stereocenters. The quantitative estimate of drug-likeness (QED) is 0.475. The maximum atomic E-state index is 13.8. The fourth-order valence-corrected chi connectivity index (χ4v) is 4.37. The largest absolute Gasteiger partial charge is 0.430 e. The molecule has 2 aromatic carbocycles. The summed E-state index contributed by atoms with van der Waals surface area (Å²) < 4.78 is 41.3. The van der Waals surface area contributed by atoms with E-state index in [1.54, 1.807) is 18.2 Å². The van der Waals surface area contributed by atoms with Crippen LogP contribution in [0.5, 0.6) is 0 Å². The van der Waals surface area contributed by atoms with Gasteiger partial charge in [-0.25, -0.2) is 0 Å². The van der Waals surface area contributed by atoms with Crippen LogP contribution in [-0.2, 0) is 10.4 Å². The molecule has 1 fully saturated rings. The molecular weight excluding hydrogens is 447 g/mol. The summed E-state index contributed by atoms with van der Waals surface area (Å²) in [5, 5.41) is 13.7. The van der Waals surface area contributed by atoms with E-state index in [0.29, 0.717) is 36.6 Å². The highest BCUT2D eigenvalue weighted by molar-refractivity contribution is 5.98. The van der Waals surface area contributed by atoms with Gasteiger partial charge in [0, 0.05) is 30.9 Å². The number of rotatable bonds is 9. The molecule has 1 saturated heterocycles. The summed E-state index contributed by atoms with van der Waals surface area (Å²) in [6, 6.07) is 13.5. The highest BCUT2D eigenvalue weighted by Crippen LogP contribution is 2.41. The number of alkyl halides is 3. The topological polar surface area (TPSA) is 95.7 Å². The fourth-order valence-electron chi connectivity index (χ4n) is 4.37. The summed E-state index contributed by atoms with van der Waals surface area (Å²) in [4.78, 5) is 25.4. The smallest absolute Gasteiger partial charge is 0.384 e. The van der Waals surface area contributed by atoms with Gasteiger partial charge in [-0.1, -0.05) is 55.3 Å². The lowest BCUT2D eigenvalue weighted by atomic mass is 9.88. The first-order valence-corrected chi connectivity index (χ1v) is 11.4. The highest BCUT2D eigenvalue weighted by atomic mass is 19.4. The Morgan fingerprint density at radius 1 is 1.00 bits per heavy atom. The molecule has 0 spiro atoms. The van der Waals surface area contributed by atoms with Crippen LogP contribution < -0.4 is 11.1 Å². The molecular formula is C25H30F3N3O3. The van der Waals surface area contributed by atoms with E-state index in [9.17, 15) is 27.9 Å². The van der Waals surface area contributed by atoms with Crippen molar-refractivity contribution in [2.75, 3.05) is 25.0 Å². The molecule has 1 aliphatic heterocycles. The molecule has 0 bridgehead atoms. The first-order chi connectivity index (χ1) is 16.1. The van der Waals surface area contributed by atoms with Crippen molar-refractivity contribution in [3.05, 3.63) is 65.7 Å². The van der Waals surface area contributed by atoms with Gasteiger partial charge in [0.15, 0.2) is 0 Å². The molecule has 184 valence electrons. The van der Waals surface area contributed by atoms with Crippen molar-refractivity contribution in [2.45, 2.75) is 43.9 Å². The van der Waals surface area contributed by atoms with Crippen molar-refractivity contribution in [1.29, 1.82) is 0 Å². The molecule has 3 rings (SSSR count). The lowest BCUT2D eigenvalue weighted by Gasteiger charge is -2.38. The second-order valence-electron chi connectivity index (χ2n) is 8.64. The first-order valence-electron chi connectivity index (χ1n) is 11.4. The third kappa shape index (κ3) is 5.70. The number of primary amides is 1. The van der Waals surface area contributed by atoms with E-state index in [2.05, 4.69) is 5.32 Å². The van der Waals surface area contributed by atoms with Crippen LogP contribution in [0.4, 0.5) is 18.9 Å². The molecule has 1 heterocycles. The Bertz CT molecular complexity index is 976. The van der Waals surface area contributed by atoms with Gasteiger partial charge >= 0.3 is 6.18 Å². The number of hydrogen-bond donors (Lipinski definition) is 3. The van der Waals surface area contributed by atoms with Crippen molar-refractivity contribution in [3.63, 3.8) is 0 Å². The molecule has 6 nitrogen and oxygen atoms in total. The van der Waals surface area contributed by atoms with Gasteiger partial charge in [0.2, 0.25) is 0 Å². The van der Waals surface area contributed by atoms with Crippen molar-refractivity contribution >= 4 is 17.5 Å². The lowest BCUT2D eigenvalue weighted by molar-refractivity contribution is -0.262. The van der Waals surface area contributed by atoms with E-state index in [4.69, 9.17) is 5.73 Å². The minimum absolute atomic E-state index is 0.180. The number of likely N-dealkylation sites (tertiary alicyclic amines) is 1. The third-order valence-corrected chi connectivity index (χ3v) is 6.36. The van der Waals surface area contributed by atoms with Crippen LogP contribution in [0.25, 0.3) is 0 Å². The average molecular weight is 478 g/mol. The zero-order chi connectivity index (χ0) is 24.8. The molecule has 0 aromatic heterocycles. The van der Waals surface area contributed by atoms with E-state index in [0.717, 1.165) is 36.3 Å².